The van der Waals surface area contributed by atoms with Crippen molar-refractivity contribution in [1.82, 2.24) is 5.43 Å². The summed E-state index contributed by atoms with van der Waals surface area (Å²) in [5, 5.41) is 13.2. The molecule has 2 rings (SSSR count). The Morgan fingerprint density at radius 3 is 2.53 bits per heavy atom. The van der Waals surface area contributed by atoms with Crippen LogP contribution in [0.1, 0.15) is 15.9 Å². The molecule has 0 radical (unpaired) electrons. The second-order valence-electron chi connectivity index (χ2n) is 3.76. The number of carbonyl (C=O) groups excluding carboxylic acids is 1. The summed E-state index contributed by atoms with van der Waals surface area (Å²) in [5.74, 6) is -0.789. The molecule has 96 valence electrons. The van der Waals surface area contributed by atoms with Crippen LogP contribution in [-0.4, -0.2) is 17.2 Å². The number of hydrogen-bond donors (Lipinski definition) is 2. The molecule has 4 nitrogen and oxygen atoms in total. The van der Waals surface area contributed by atoms with E-state index in [1.165, 1.54) is 36.5 Å². The zero-order valence-electron chi connectivity index (χ0n) is 9.88. The van der Waals surface area contributed by atoms with Gasteiger partial charge >= 0.3 is 0 Å². The van der Waals surface area contributed by atoms with Gasteiger partial charge in [-0.05, 0) is 36.4 Å². The van der Waals surface area contributed by atoms with Crippen molar-refractivity contribution in [3.8, 4) is 5.75 Å². The Morgan fingerprint density at radius 2 is 1.84 bits per heavy atom. The molecule has 0 saturated heterocycles. The second-order valence-corrected chi connectivity index (χ2v) is 3.76. The molecule has 0 aliphatic rings. The lowest BCUT2D eigenvalue weighted by Crippen LogP contribution is -2.17. The predicted octanol–water partition coefficient (Wildman–Crippen LogP) is 2.30. The molecule has 2 aromatic carbocycles. The minimum atomic E-state index is -0.452. The number of carbonyl (C=O) groups is 1. The highest BCUT2D eigenvalue weighted by molar-refractivity contribution is 5.95. The molecule has 2 N–H and O–H groups in total. The molecule has 0 fully saturated rings. The van der Waals surface area contributed by atoms with E-state index in [2.05, 4.69) is 10.5 Å². The van der Waals surface area contributed by atoms with Gasteiger partial charge in [-0.15, -0.1) is 0 Å². The number of benzene rings is 2. The number of nitrogens with zero attached hydrogens (tertiary/aromatic N) is 1. The number of phenolic OH excluding ortho intramolecular Hbond substituents is 1. The van der Waals surface area contributed by atoms with Crippen molar-refractivity contribution in [2.24, 2.45) is 5.10 Å². The van der Waals surface area contributed by atoms with Gasteiger partial charge in [0.25, 0.3) is 5.91 Å². The third kappa shape index (κ3) is 3.38. The van der Waals surface area contributed by atoms with Crippen molar-refractivity contribution in [1.29, 1.82) is 0 Å². The van der Waals surface area contributed by atoms with Crippen LogP contribution in [-0.2, 0) is 0 Å². The molecule has 2 aromatic rings. The maximum Gasteiger partial charge on any atom is 0.271 e. The fourth-order valence-electron chi connectivity index (χ4n) is 1.42. The number of halogens is 1. The van der Waals surface area contributed by atoms with Crippen molar-refractivity contribution in [3.05, 3.63) is 65.5 Å². The Hall–Kier alpha value is -2.69. The van der Waals surface area contributed by atoms with Crippen LogP contribution in [0.25, 0.3) is 0 Å². The van der Waals surface area contributed by atoms with Crippen molar-refractivity contribution >= 4 is 12.1 Å². The number of aromatic hydroxyl groups is 1. The zero-order chi connectivity index (χ0) is 13.7. The van der Waals surface area contributed by atoms with Crippen molar-refractivity contribution in [3.63, 3.8) is 0 Å². The number of amides is 1. The molecule has 0 heterocycles. The van der Waals surface area contributed by atoms with E-state index in [9.17, 15) is 14.3 Å². The van der Waals surface area contributed by atoms with Gasteiger partial charge in [-0.1, -0.05) is 12.1 Å². The Labute approximate surface area is 109 Å². The molecular formula is C14H11FN2O2. The molecule has 19 heavy (non-hydrogen) atoms. The summed E-state index contributed by atoms with van der Waals surface area (Å²) in [6.07, 6.45) is 1.33. The van der Waals surface area contributed by atoms with E-state index in [1.807, 2.05) is 0 Å². The monoisotopic (exact) mass is 258 g/mol. The molecule has 1 amide bonds. The first-order chi connectivity index (χ1) is 9.16. The van der Waals surface area contributed by atoms with Crippen LogP contribution in [0.15, 0.2) is 53.6 Å². The molecule has 0 atom stereocenters. The predicted molar refractivity (Wildman–Crippen MR) is 69.6 cm³/mol. The third-order valence-corrected chi connectivity index (χ3v) is 2.41. The summed E-state index contributed by atoms with van der Waals surface area (Å²) in [5.41, 5.74) is 3.08. The quantitative estimate of drug-likeness (QED) is 0.655. The first-order valence-corrected chi connectivity index (χ1v) is 5.54. The van der Waals surface area contributed by atoms with E-state index in [0.717, 1.165) is 0 Å². The molecule has 0 aliphatic heterocycles. The highest BCUT2D eigenvalue weighted by Gasteiger charge is 2.03. The van der Waals surface area contributed by atoms with Crippen LogP contribution in [0.5, 0.6) is 5.75 Å². The van der Waals surface area contributed by atoms with Crippen molar-refractivity contribution < 1.29 is 14.3 Å². The standard InChI is InChI=1S/C14H11FN2O2/c15-12-7-5-10(6-8-12)14(19)17-16-9-11-3-1-2-4-13(11)18/h1-9,18H,(H,17,19)/b16-9-. The summed E-state index contributed by atoms with van der Waals surface area (Å²) in [4.78, 5) is 11.6. The van der Waals surface area contributed by atoms with Crippen LogP contribution < -0.4 is 5.43 Å². The highest BCUT2D eigenvalue weighted by atomic mass is 19.1. The van der Waals surface area contributed by atoms with E-state index in [0.29, 0.717) is 11.1 Å². The number of rotatable bonds is 3. The average molecular weight is 258 g/mol. The van der Waals surface area contributed by atoms with Crippen LogP contribution in [0.3, 0.4) is 0 Å². The van der Waals surface area contributed by atoms with E-state index in [1.54, 1.807) is 18.2 Å². The number of hydrazone groups is 1. The molecule has 0 bridgehead atoms. The van der Waals surface area contributed by atoms with E-state index in [4.69, 9.17) is 0 Å². The average Bonchev–Trinajstić information content (AvgIpc) is 2.41. The van der Waals surface area contributed by atoms with Gasteiger partial charge in [0.05, 0.1) is 6.21 Å². The molecule has 0 unspecified atom stereocenters. The smallest absolute Gasteiger partial charge is 0.271 e. The van der Waals surface area contributed by atoms with Gasteiger partial charge in [-0.2, -0.15) is 5.10 Å². The fourth-order valence-corrected chi connectivity index (χ4v) is 1.42. The van der Waals surface area contributed by atoms with Crippen LogP contribution in [0.4, 0.5) is 4.39 Å². The normalized spacial score (nSPS) is 10.6. The second kappa shape index (κ2) is 5.77. The molecule has 5 heteroatoms. The Kier molecular flexibility index (Phi) is 3.87. The van der Waals surface area contributed by atoms with Gasteiger partial charge in [0.15, 0.2) is 0 Å². The molecule has 0 spiro atoms. The molecule has 0 aromatic heterocycles. The first-order valence-electron chi connectivity index (χ1n) is 5.54. The Balaban J connectivity index is 2.01. The summed E-state index contributed by atoms with van der Waals surface area (Å²) in [6, 6.07) is 11.7. The topological polar surface area (TPSA) is 61.7 Å². The molecule has 0 saturated carbocycles. The van der Waals surface area contributed by atoms with Crippen molar-refractivity contribution in [2.75, 3.05) is 0 Å². The van der Waals surface area contributed by atoms with Gasteiger partial charge in [0, 0.05) is 11.1 Å². The van der Waals surface area contributed by atoms with Gasteiger partial charge in [-0.3, -0.25) is 4.79 Å². The number of nitrogens with one attached hydrogen (secondary N) is 1. The maximum absolute atomic E-state index is 12.7. The lowest BCUT2D eigenvalue weighted by atomic mass is 10.2. The number of para-hydroxylation sites is 1. The minimum absolute atomic E-state index is 0.0716. The summed E-state index contributed by atoms with van der Waals surface area (Å²) < 4.78 is 12.7. The van der Waals surface area contributed by atoms with Crippen LogP contribution in [0, 0.1) is 5.82 Å². The van der Waals surface area contributed by atoms with Gasteiger partial charge in [0.1, 0.15) is 11.6 Å². The van der Waals surface area contributed by atoms with E-state index >= 15 is 0 Å². The first kappa shape index (κ1) is 12.8. The zero-order valence-corrected chi connectivity index (χ0v) is 9.88. The summed E-state index contributed by atoms with van der Waals surface area (Å²) in [7, 11) is 0. The summed E-state index contributed by atoms with van der Waals surface area (Å²) >= 11 is 0. The lowest BCUT2D eigenvalue weighted by Gasteiger charge is -2.00. The SMILES string of the molecule is O=C(N/N=C\c1ccccc1O)c1ccc(F)cc1. The summed E-state index contributed by atoms with van der Waals surface area (Å²) in [6.45, 7) is 0. The number of hydrogen-bond acceptors (Lipinski definition) is 3. The Morgan fingerprint density at radius 1 is 1.16 bits per heavy atom. The largest absolute Gasteiger partial charge is 0.507 e. The maximum atomic E-state index is 12.7. The van der Waals surface area contributed by atoms with E-state index in [-0.39, 0.29) is 5.75 Å². The Bertz CT molecular complexity index is 609. The third-order valence-electron chi connectivity index (χ3n) is 2.41. The van der Waals surface area contributed by atoms with Gasteiger partial charge in [0.2, 0.25) is 0 Å². The van der Waals surface area contributed by atoms with Gasteiger partial charge < -0.3 is 5.11 Å². The van der Waals surface area contributed by atoms with Crippen LogP contribution in [0.2, 0.25) is 0 Å². The number of phenols is 1. The molecule has 0 aliphatic carbocycles. The lowest BCUT2D eigenvalue weighted by molar-refractivity contribution is 0.0955. The van der Waals surface area contributed by atoms with Gasteiger partial charge in [-0.25, -0.2) is 9.82 Å². The van der Waals surface area contributed by atoms with Crippen molar-refractivity contribution in [2.45, 2.75) is 0 Å². The highest BCUT2D eigenvalue weighted by Crippen LogP contribution is 2.12. The minimum Gasteiger partial charge on any atom is -0.507 e. The molecular weight excluding hydrogens is 247 g/mol. The van der Waals surface area contributed by atoms with E-state index < -0.39 is 11.7 Å². The fraction of sp³-hybridized carbons (Fsp3) is 0. The van der Waals surface area contributed by atoms with Crippen LogP contribution >= 0.6 is 0 Å².